The number of hydrogen-bond donors (Lipinski definition) is 2. The highest BCUT2D eigenvalue weighted by Crippen LogP contribution is 2.42. The molecule has 0 saturated heterocycles. The molecule has 1 atom stereocenters. The topological polar surface area (TPSA) is 90.0 Å². The summed E-state index contributed by atoms with van der Waals surface area (Å²) in [6, 6.07) is 0.488. The number of sulfone groups is 1. The molecule has 0 spiro atoms. The number of nitrogens with one attached hydrogen (secondary N) is 1. The number of aromatic nitrogens is 2. The van der Waals surface area contributed by atoms with Gasteiger partial charge in [0.2, 0.25) is 0 Å². The Morgan fingerprint density at radius 3 is 2.45 bits per heavy atom. The summed E-state index contributed by atoms with van der Waals surface area (Å²) in [4.78, 5) is 0.164. The first-order valence-corrected chi connectivity index (χ1v) is 9.11. The molecule has 3 N–H and O–H groups in total. The maximum absolute atomic E-state index is 12.0. The Hall–Kier alpha value is -1.24. The van der Waals surface area contributed by atoms with E-state index in [4.69, 9.17) is 5.73 Å². The lowest BCUT2D eigenvalue weighted by Crippen LogP contribution is -2.28. The van der Waals surface area contributed by atoms with Gasteiger partial charge in [0.05, 0.1) is 6.04 Å². The molecule has 0 aliphatic heterocycles. The van der Waals surface area contributed by atoms with Crippen molar-refractivity contribution in [2.75, 3.05) is 17.3 Å². The van der Waals surface area contributed by atoms with Gasteiger partial charge in [-0.2, -0.15) is 5.10 Å². The molecule has 0 radical (unpaired) electrons. The van der Waals surface area contributed by atoms with Crippen LogP contribution in [0.2, 0.25) is 0 Å². The van der Waals surface area contributed by atoms with Crippen molar-refractivity contribution < 1.29 is 8.42 Å². The van der Waals surface area contributed by atoms with Gasteiger partial charge in [0.15, 0.2) is 20.6 Å². The van der Waals surface area contributed by atoms with Gasteiger partial charge in [-0.25, -0.2) is 13.1 Å². The Labute approximate surface area is 119 Å². The molecular formula is C13H22N4O2S. The van der Waals surface area contributed by atoms with Gasteiger partial charge in [0.1, 0.15) is 5.82 Å². The van der Waals surface area contributed by atoms with Crippen LogP contribution in [0.3, 0.4) is 0 Å². The monoisotopic (exact) mass is 298 g/mol. The van der Waals surface area contributed by atoms with E-state index in [-0.39, 0.29) is 16.8 Å². The molecule has 0 amide bonds. The minimum Gasteiger partial charge on any atom is -0.383 e. The van der Waals surface area contributed by atoms with Gasteiger partial charge >= 0.3 is 0 Å². The highest BCUT2D eigenvalue weighted by Gasteiger charge is 2.34. The van der Waals surface area contributed by atoms with Crippen molar-refractivity contribution in [3.8, 4) is 0 Å². The summed E-state index contributed by atoms with van der Waals surface area (Å²) in [6.45, 7) is 2.06. The zero-order valence-corrected chi connectivity index (χ0v) is 12.8. The standard InChI is InChI=1S/C13H22N4O2S/c1-8(9-6-7-9)17-12(14)11(20(2,18)19)13(16-17)15-10-4-3-5-10/h8-10H,3-7,14H2,1-2H3,(H,15,16). The van der Waals surface area contributed by atoms with E-state index in [0.717, 1.165) is 12.8 Å². The molecule has 3 rings (SSSR count). The predicted molar refractivity (Wildman–Crippen MR) is 78.4 cm³/mol. The fraction of sp³-hybridized carbons (Fsp3) is 0.769. The zero-order chi connectivity index (χ0) is 14.5. The van der Waals surface area contributed by atoms with Gasteiger partial charge in [-0.05, 0) is 44.9 Å². The second-order valence-corrected chi connectivity index (χ2v) is 8.08. The summed E-state index contributed by atoms with van der Waals surface area (Å²) >= 11 is 0. The Balaban J connectivity index is 1.99. The highest BCUT2D eigenvalue weighted by molar-refractivity contribution is 7.91. The van der Waals surface area contributed by atoms with Crippen LogP contribution in [0.25, 0.3) is 0 Å². The Bertz CT molecular complexity index is 615. The molecule has 6 nitrogen and oxygen atoms in total. The van der Waals surface area contributed by atoms with E-state index in [9.17, 15) is 8.42 Å². The summed E-state index contributed by atoms with van der Waals surface area (Å²) in [6.07, 6.45) is 6.83. The number of anilines is 2. The molecule has 112 valence electrons. The van der Waals surface area contributed by atoms with Crippen LogP contribution < -0.4 is 11.1 Å². The molecule has 1 aromatic heterocycles. The van der Waals surface area contributed by atoms with Crippen molar-refractivity contribution in [2.24, 2.45) is 5.92 Å². The number of nitrogens with two attached hydrogens (primary N) is 1. The summed E-state index contributed by atoms with van der Waals surface area (Å²) in [5.41, 5.74) is 6.07. The van der Waals surface area contributed by atoms with Crippen LogP contribution in [0, 0.1) is 5.92 Å². The lowest BCUT2D eigenvalue weighted by molar-refractivity contribution is 0.433. The molecular weight excluding hydrogens is 276 g/mol. The molecule has 1 aromatic rings. The first kappa shape index (κ1) is 13.7. The van der Waals surface area contributed by atoms with E-state index in [1.807, 2.05) is 0 Å². The van der Waals surface area contributed by atoms with E-state index in [0.29, 0.717) is 17.8 Å². The number of rotatable bonds is 5. The summed E-state index contributed by atoms with van der Waals surface area (Å²) in [5.74, 6) is 1.28. The third-order valence-corrected chi connectivity index (χ3v) is 5.55. The molecule has 2 fully saturated rings. The third-order valence-electron chi connectivity index (χ3n) is 4.41. The van der Waals surface area contributed by atoms with Crippen LogP contribution >= 0.6 is 0 Å². The van der Waals surface area contributed by atoms with Crippen LogP contribution in [0.1, 0.15) is 45.1 Å². The van der Waals surface area contributed by atoms with Gasteiger partial charge in [-0.15, -0.1) is 0 Å². The molecule has 20 heavy (non-hydrogen) atoms. The molecule has 7 heteroatoms. The molecule has 1 heterocycles. The Kier molecular flexibility index (Phi) is 3.19. The molecule has 1 unspecified atom stereocenters. The lowest BCUT2D eigenvalue weighted by Gasteiger charge is -2.26. The van der Waals surface area contributed by atoms with Crippen LogP contribution in [0.4, 0.5) is 11.6 Å². The summed E-state index contributed by atoms with van der Waals surface area (Å²) in [5, 5.41) is 7.70. The van der Waals surface area contributed by atoms with Crippen molar-refractivity contribution in [1.29, 1.82) is 0 Å². The van der Waals surface area contributed by atoms with Gasteiger partial charge in [0.25, 0.3) is 0 Å². The predicted octanol–water partition coefficient (Wildman–Crippen LogP) is 1.80. The van der Waals surface area contributed by atoms with Crippen LogP contribution in [0.5, 0.6) is 0 Å². The van der Waals surface area contributed by atoms with Gasteiger partial charge in [-0.3, -0.25) is 0 Å². The van der Waals surface area contributed by atoms with E-state index >= 15 is 0 Å². The first-order valence-electron chi connectivity index (χ1n) is 7.22. The van der Waals surface area contributed by atoms with Crippen LogP contribution in [-0.4, -0.2) is 30.5 Å². The van der Waals surface area contributed by atoms with E-state index in [2.05, 4.69) is 17.3 Å². The molecule has 0 aromatic carbocycles. The largest absolute Gasteiger partial charge is 0.383 e. The van der Waals surface area contributed by atoms with Crippen molar-refractivity contribution in [3.63, 3.8) is 0 Å². The Morgan fingerprint density at radius 1 is 1.35 bits per heavy atom. The van der Waals surface area contributed by atoms with E-state index < -0.39 is 9.84 Å². The quantitative estimate of drug-likeness (QED) is 0.865. The van der Waals surface area contributed by atoms with Crippen molar-refractivity contribution in [2.45, 2.75) is 56.0 Å². The minimum atomic E-state index is -3.38. The van der Waals surface area contributed by atoms with Crippen molar-refractivity contribution in [3.05, 3.63) is 0 Å². The molecule has 0 bridgehead atoms. The van der Waals surface area contributed by atoms with Crippen molar-refractivity contribution >= 4 is 21.5 Å². The molecule has 2 aliphatic rings. The van der Waals surface area contributed by atoms with Gasteiger partial charge in [-0.1, -0.05) is 0 Å². The molecule has 2 aliphatic carbocycles. The maximum atomic E-state index is 12.0. The van der Waals surface area contributed by atoms with Crippen LogP contribution in [-0.2, 0) is 9.84 Å². The number of nitrogen functional groups attached to an aromatic ring is 1. The fourth-order valence-electron chi connectivity index (χ4n) is 2.73. The lowest BCUT2D eigenvalue weighted by atomic mass is 9.93. The second kappa shape index (κ2) is 4.65. The fourth-order valence-corrected chi connectivity index (χ4v) is 3.65. The normalized spacial score (nSPS) is 21.5. The molecule has 2 saturated carbocycles. The number of nitrogens with zero attached hydrogens (tertiary/aromatic N) is 2. The van der Waals surface area contributed by atoms with Gasteiger partial charge in [0, 0.05) is 12.3 Å². The average molecular weight is 298 g/mol. The van der Waals surface area contributed by atoms with Crippen molar-refractivity contribution in [1.82, 2.24) is 9.78 Å². The SMILES string of the molecule is CC(C1CC1)n1nc(NC2CCC2)c(S(C)(=O)=O)c1N. The minimum absolute atomic E-state index is 0.160. The third kappa shape index (κ3) is 2.39. The van der Waals surface area contributed by atoms with E-state index in [1.54, 1.807) is 4.68 Å². The first-order chi connectivity index (χ1) is 9.38. The van der Waals surface area contributed by atoms with E-state index in [1.165, 1.54) is 25.5 Å². The zero-order valence-electron chi connectivity index (χ0n) is 12.0. The maximum Gasteiger partial charge on any atom is 0.182 e. The van der Waals surface area contributed by atoms with Crippen LogP contribution in [0.15, 0.2) is 4.90 Å². The Morgan fingerprint density at radius 2 is 2.00 bits per heavy atom. The average Bonchev–Trinajstić information content (AvgIpc) is 3.06. The van der Waals surface area contributed by atoms with Gasteiger partial charge < -0.3 is 11.1 Å². The number of hydrogen-bond acceptors (Lipinski definition) is 5. The second-order valence-electron chi connectivity index (χ2n) is 6.13. The summed E-state index contributed by atoms with van der Waals surface area (Å²) < 4.78 is 25.7. The summed E-state index contributed by atoms with van der Waals surface area (Å²) in [7, 11) is -3.38. The smallest absolute Gasteiger partial charge is 0.182 e. The highest BCUT2D eigenvalue weighted by atomic mass is 32.2.